The summed E-state index contributed by atoms with van der Waals surface area (Å²) in [5.41, 5.74) is 0. The largest absolute Gasteiger partial charge is 0.461 e. The van der Waals surface area contributed by atoms with Gasteiger partial charge in [0.05, 0.1) is 0 Å². The molecule has 0 aromatic rings. The molecule has 0 amide bonds. The monoisotopic (exact) mass is 224 g/mol. The molecule has 82 valence electrons. The average molecular weight is 224 g/mol. The summed E-state index contributed by atoms with van der Waals surface area (Å²) in [5, 5.41) is 0. The van der Waals surface area contributed by atoms with Gasteiger partial charge in [-0.1, -0.05) is 0 Å². The third-order valence-corrected chi connectivity index (χ3v) is 1.67. The number of ether oxygens (including phenoxy) is 1. The van der Waals surface area contributed by atoms with Gasteiger partial charge in [-0.2, -0.15) is 17.6 Å². The third kappa shape index (κ3) is 1.16. The van der Waals surface area contributed by atoms with Gasteiger partial charge in [0.2, 0.25) is 18.9 Å². The molecule has 0 N–H and O–H groups in total. The molecule has 0 aromatic heterocycles. The van der Waals surface area contributed by atoms with E-state index >= 15 is 0 Å². The lowest BCUT2D eigenvalue weighted by Crippen LogP contribution is -2.42. The molecule has 0 aromatic carbocycles. The molecule has 0 saturated carbocycles. The van der Waals surface area contributed by atoms with Crippen molar-refractivity contribution in [3.63, 3.8) is 0 Å². The molecule has 1 nitrogen and oxygen atoms in total. The molecule has 0 heterocycles. The van der Waals surface area contributed by atoms with Crippen LogP contribution in [0.25, 0.3) is 0 Å². The first kappa shape index (κ1) is 11.1. The molecule has 0 spiro atoms. The molecule has 1 aliphatic rings. The molecule has 0 aliphatic heterocycles. The van der Waals surface area contributed by atoms with E-state index in [0.29, 0.717) is 0 Å². The zero-order valence-corrected chi connectivity index (χ0v) is 6.34. The van der Waals surface area contributed by atoms with Crippen LogP contribution in [0, 0.1) is 0 Å². The van der Waals surface area contributed by atoms with Crippen LogP contribution in [0.3, 0.4) is 0 Å². The van der Waals surface area contributed by atoms with Crippen LogP contribution >= 0.6 is 0 Å². The molecule has 0 bridgehead atoms. The third-order valence-electron chi connectivity index (χ3n) is 1.67. The Labute approximate surface area is 73.1 Å². The minimum absolute atomic E-state index is 1.87. The highest BCUT2D eigenvalue weighted by molar-refractivity contribution is 5.29. The van der Waals surface area contributed by atoms with Gasteiger partial charge in [0.15, 0.2) is 5.76 Å². The van der Waals surface area contributed by atoms with E-state index in [1.807, 2.05) is 0 Å². The maximum absolute atomic E-state index is 12.5. The normalized spacial score (nSPS) is 29.5. The molecule has 0 fully saturated rings. The van der Waals surface area contributed by atoms with Gasteiger partial charge in [-0.15, -0.1) is 0 Å². The van der Waals surface area contributed by atoms with Crippen molar-refractivity contribution in [3.8, 4) is 0 Å². The summed E-state index contributed by atoms with van der Waals surface area (Å²) < 4.78 is 89.0. The van der Waals surface area contributed by atoms with Crippen LogP contribution in [0.15, 0.2) is 11.6 Å². The minimum Gasteiger partial charge on any atom is -0.461 e. The summed E-state index contributed by atoms with van der Waals surface area (Å²) in [6.45, 7) is -1.87. The Morgan fingerprint density at radius 3 is 2.00 bits per heavy atom. The molecule has 0 saturated heterocycles. The summed E-state index contributed by atoms with van der Waals surface area (Å²) in [6.07, 6.45) is -3.67. The molecular formula is C6H3F7O. The minimum atomic E-state index is -5.29. The summed E-state index contributed by atoms with van der Waals surface area (Å²) in [6, 6.07) is 0. The van der Waals surface area contributed by atoms with Crippen LogP contribution in [0.5, 0.6) is 0 Å². The number of alkyl halides is 6. The standard InChI is InChI=1S/C6H3F7O/c7-1-14-2-3(8)5(10,11)6(12,13)4(2)9/h3H,1H2. The van der Waals surface area contributed by atoms with Crippen molar-refractivity contribution in [1.82, 2.24) is 0 Å². The summed E-state index contributed by atoms with van der Waals surface area (Å²) in [7, 11) is 0. The molecule has 14 heavy (non-hydrogen) atoms. The van der Waals surface area contributed by atoms with E-state index in [2.05, 4.69) is 4.74 Å². The molecule has 1 atom stereocenters. The van der Waals surface area contributed by atoms with Crippen LogP contribution < -0.4 is 0 Å². The number of halogens is 7. The van der Waals surface area contributed by atoms with Gasteiger partial charge >= 0.3 is 11.8 Å². The Morgan fingerprint density at radius 2 is 1.71 bits per heavy atom. The van der Waals surface area contributed by atoms with Crippen molar-refractivity contribution >= 4 is 0 Å². The number of hydrogen-bond acceptors (Lipinski definition) is 1. The van der Waals surface area contributed by atoms with Gasteiger partial charge in [0, 0.05) is 0 Å². The number of allylic oxidation sites excluding steroid dienone is 2. The Morgan fingerprint density at radius 1 is 1.21 bits per heavy atom. The average Bonchev–Trinajstić information content (AvgIpc) is 2.19. The predicted molar refractivity (Wildman–Crippen MR) is 30.0 cm³/mol. The van der Waals surface area contributed by atoms with Gasteiger partial charge in [-0.25, -0.2) is 13.2 Å². The van der Waals surface area contributed by atoms with Gasteiger partial charge < -0.3 is 4.74 Å². The smallest absolute Gasteiger partial charge is 0.367 e. The zero-order valence-electron chi connectivity index (χ0n) is 6.34. The first-order valence-electron chi connectivity index (χ1n) is 3.25. The van der Waals surface area contributed by atoms with Crippen molar-refractivity contribution in [1.29, 1.82) is 0 Å². The molecule has 1 rings (SSSR count). The quantitative estimate of drug-likeness (QED) is 0.655. The van der Waals surface area contributed by atoms with Crippen molar-refractivity contribution in [2.24, 2.45) is 0 Å². The topological polar surface area (TPSA) is 9.23 Å². The van der Waals surface area contributed by atoms with Crippen LogP contribution in [0.4, 0.5) is 30.7 Å². The van der Waals surface area contributed by atoms with E-state index in [9.17, 15) is 30.7 Å². The SMILES string of the molecule is FCOC1=C(F)C(F)(F)C(F)(F)C1F. The molecule has 0 radical (unpaired) electrons. The maximum Gasteiger partial charge on any atom is 0.367 e. The van der Waals surface area contributed by atoms with E-state index in [-0.39, 0.29) is 0 Å². The highest BCUT2D eigenvalue weighted by Crippen LogP contribution is 2.53. The molecular weight excluding hydrogens is 221 g/mol. The second kappa shape index (κ2) is 3.03. The fraction of sp³-hybridized carbons (Fsp3) is 0.667. The van der Waals surface area contributed by atoms with Crippen molar-refractivity contribution in [2.75, 3.05) is 6.86 Å². The van der Waals surface area contributed by atoms with Crippen LogP contribution in [-0.2, 0) is 4.74 Å². The fourth-order valence-electron chi connectivity index (χ4n) is 0.931. The highest BCUT2D eigenvalue weighted by Gasteiger charge is 2.73. The van der Waals surface area contributed by atoms with Crippen molar-refractivity contribution in [2.45, 2.75) is 18.0 Å². The second-order valence-corrected chi connectivity index (χ2v) is 2.49. The summed E-state index contributed by atoms with van der Waals surface area (Å²) in [5.74, 6) is -15.3. The van der Waals surface area contributed by atoms with Gasteiger partial charge in [-0.3, -0.25) is 0 Å². The first-order chi connectivity index (χ1) is 6.26. The number of hydrogen-bond donors (Lipinski definition) is 0. The predicted octanol–water partition coefficient (Wildman–Crippen LogP) is 2.73. The lowest BCUT2D eigenvalue weighted by Gasteiger charge is -2.19. The Balaban J connectivity index is 3.13. The lowest BCUT2D eigenvalue weighted by molar-refractivity contribution is -0.206. The van der Waals surface area contributed by atoms with Gasteiger partial charge in [-0.05, 0) is 0 Å². The second-order valence-electron chi connectivity index (χ2n) is 2.49. The molecule has 8 heteroatoms. The molecule has 1 unspecified atom stereocenters. The van der Waals surface area contributed by atoms with Gasteiger partial charge in [0.1, 0.15) is 0 Å². The highest BCUT2D eigenvalue weighted by atomic mass is 19.3. The summed E-state index contributed by atoms with van der Waals surface area (Å²) in [4.78, 5) is 0. The van der Waals surface area contributed by atoms with Crippen LogP contribution in [0.2, 0.25) is 0 Å². The molecule has 1 aliphatic carbocycles. The summed E-state index contributed by atoms with van der Waals surface area (Å²) >= 11 is 0. The van der Waals surface area contributed by atoms with Gasteiger partial charge in [0.25, 0.3) is 0 Å². The van der Waals surface area contributed by atoms with E-state index in [4.69, 9.17) is 0 Å². The van der Waals surface area contributed by atoms with E-state index in [1.165, 1.54) is 0 Å². The maximum atomic E-state index is 12.5. The van der Waals surface area contributed by atoms with Crippen molar-refractivity contribution < 1.29 is 35.5 Å². The van der Waals surface area contributed by atoms with E-state index < -0.39 is 36.5 Å². The number of rotatable bonds is 2. The van der Waals surface area contributed by atoms with Crippen LogP contribution in [0.1, 0.15) is 0 Å². The zero-order chi connectivity index (χ0) is 11.1. The lowest BCUT2D eigenvalue weighted by atomic mass is 10.2. The van der Waals surface area contributed by atoms with E-state index in [0.717, 1.165) is 0 Å². The Hall–Kier alpha value is -0.950. The van der Waals surface area contributed by atoms with Crippen LogP contribution in [-0.4, -0.2) is 24.9 Å². The Bertz CT molecular complexity index is 271. The fourth-order valence-corrected chi connectivity index (χ4v) is 0.931. The Kier molecular flexibility index (Phi) is 2.41. The first-order valence-corrected chi connectivity index (χ1v) is 3.25. The van der Waals surface area contributed by atoms with E-state index in [1.54, 1.807) is 0 Å². The van der Waals surface area contributed by atoms with Crippen molar-refractivity contribution in [3.05, 3.63) is 11.6 Å².